The normalized spacial score (nSPS) is 14.5. The molecular formula is C56H63N5O10S2. The topological polar surface area (TPSA) is 150 Å². The molecule has 0 saturated carbocycles. The number of hydrogen-bond donors (Lipinski definition) is 0. The molecule has 0 saturated heterocycles. The van der Waals surface area contributed by atoms with Crippen LogP contribution in [-0.4, -0.2) is 115 Å². The largest absolute Gasteiger partial charge is 0.493 e. The minimum absolute atomic E-state index is 0.0368. The predicted molar refractivity (Wildman–Crippen MR) is 291 cm³/mol. The smallest absolute Gasteiger partial charge is 0.261 e. The van der Waals surface area contributed by atoms with Crippen LogP contribution in [0.5, 0.6) is 23.0 Å². The van der Waals surface area contributed by atoms with Gasteiger partial charge in [0.1, 0.15) is 13.2 Å². The number of fused-ring (bicyclic) bond motifs is 5. The second-order valence-electron chi connectivity index (χ2n) is 18.2. The van der Waals surface area contributed by atoms with Gasteiger partial charge in [-0.25, -0.2) is 0 Å². The Hall–Kier alpha value is -6.37. The van der Waals surface area contributed by atoms with Crippen LogP contribution in [0.2, 0.25) is 0 Å². The van der Waals surface area contributed by atoms with Gasteiger partial charge in [-0.1, -0.05) is 58.0 Å². The summed E-state index contributed by atoms with van der Waals surface area (Å²) in [7, 11) is 8.10. The van der Waals surface area contributed by atoms with E-state index < -0.39 is 0 Å². The van der Waals surface area contributed by atoms with Crippen LogP contribution in [0.25, 0.3) is 0 Å². The first-order valence-electron chi connectivity index (χ1n) is 24.3. The van der Waals surface area contributed by atoms with Gasteiger partial charge in [-0.3, -0.25) is 29.3 Å². The summed E-state index contributed by atoms with van der Waals surface area (Å²) in [6.07, 6.45) is 6.23. The summed E-state index contributed by atoms with van der Waals surface area (Å²) in [5, 5.41) is 0. The lowest BCUT2D eigenvalue weighted by atomic mass is 10.1. The molecular weight excluding hydrogens is 967 g/mol. The molecule has 1 atom stereocenters. The van der Waals surface area contributed by atoms with Crippen LogP contribution in [0.1, 0.15) is 69.7 Å². The zero-order chi connectivity index (χ0) is 51.5. The molecule has 3 heterocycles. The van der Waals surface area contributed by atoms with E-state index in [4.69, 9.17) is 38.2 Å². The van der Waals surface area contributed by atoms with Gasteiger partial charge in [-0.05, 0) is 104 Å². The Balaban J connectivity index is 1.09. The first kappa shape index (κ1) is 52.9. The van der Waals surface area contributed by atoms with E-state index in [1.807, 2.05) is 79.2 Å². The van der Waals surface area contributed by atoms with Gasteiger partial charge in [-0.15, -0.1) is 0 Å². The van der Waals surface area contributed by atoms with Crippen molar-refractivity contribution in [1.82, 2.24) is 0 Å². The second kappa shape index (κ2) is 24.6. The number of ether oxygens (including phenoxy) is 7. The van der Waals surface area contributed by atoms with Crippen LogP contribution >= 0.6 is 21.6 Å². The zero-order valence-corrected chi connectivity index (χ0v) is 44.0. The van der Waals surface area contributed by atoms with Crippen molar-refractivity contribution in [3.8, 4) is 23.0 Å². The van der Waals surface area contributed by atoms with Crippen molar-refractivity contribution in [2.75, 3.05) is 88.4 Å². The van der Waals surface area contributed by atoms with Crippen LogP contribution in [0.15, 0.2) is 101 Å². The van der Waals surface area contributed by atoms with E-state index in [-0.39, 0.29) is 54.9 Å². The standard InChI is InChI=1S/C56H63N5O10S2/c1-56(2,73-72-7)18-16-53(62)59(20-21-68-24-25-69-23-22-65-4)41-27-37(35-70-51-32-45(57-3)43(30-49(51)66-5)54(63)60-19-17-39-12-8-10-14-47(39)60)26-38(28-41)36-71-52-33-46-44(31-50(52)67-6)55(64)61-42(34-58-46)29-40-13-9-11-15-48(40)61/h8-15,26-28,30-34,42H,3,16-25,29,35-36H2,1-2,4-7H3/t42-/m0/s1. The molecule has 5 aromatic carbocycles. The highest BCUT2D eigenvalue weighted by Crippen LogP contribution is 2.43. The number of methoxy groups -OCH3 is 3. The summed E-state index contributed by atoms with van der Waals surface area (Å²) in [6.45, 7) is 10.9. The van der Waals surface area contributed by atoms with Gasteiger partial charge in [0.15, 0.2) is 23.0 Å². The summed E-state index contributed by atoms with van der Waals surface area (Å²) >= 11 is 0. The lowest BCUT2D eigenvalue weighted by Crippen LogP contribution is -2.37. The predicted octanol–water partition coefficient (Wildman–Crippen LogP) is 10.3. The summed E-state index contributed by atoms with van der Waals surface area (Å²) in [4.78, 5) is 57.1. The summed E-state index contributed by atoms with van der Waals surface area (Å²) < 4.78 is 41.3. The maximum Gasteiger partial charge on any atom is 0.261 e. The van der Waals surface area contributed by atoms with Crippen molar-refractivity contribution >= 4 is 80.7 Å². The molecule has 0 radical (unpaired) electrons. The van der Waals surface area contributed by atoms with Crippen molar-refractivity contribution in [2.24, 2.45) is 9.98 Å². The third kappa shape index (κ3) is 12.5. The molecule has 384 valence electrons. The zero-order valence-electron chi connectivity index (χ0n) is 42.3. The number of benzene rings is 5. The van der Waals surface area contributed by atoms with Gasteiger partial charge in [0.25, 0.3) is 11.8 Å². The average molecular weight is 1030 g/mol. The lowest BCUT2D eigenvalue weighted by molar-refractivity contribution is -0.119. The van der Waals surface area contributed by atoms with Crippen molar-refractivity contribution in [3.63, 3.8) is 0 Å². The lowest BCUT2D eigenvalue weighted by Gasteiger charge is -2.27. The van der Waals surface area contributed by atoms with E-state index in [2.05, 4.69) is 25.6 Å². The quantitative estimate of drug-likeness (QED) is 0.0311. The van der Waals surface area contributed by atoms with Crippen LogP contribution in [0.3, 0.4) is 0 Å². The molecule has 0 spiro atoms. The van der Waals surface area contributed by atoms with Crippen molar-refractivity contribution < 1.29 is 47.5 Å². The number of hydrogen-bond acceptors (Lipinski definition) is 14. The number of rotatable bonds is 25. The van der Waals surface area contributed by atoms with Crippen LogP contribution in [-0.2, 0) is 45.1 Å². The Morgan fingerprint density at radius 1 is 0.808 bits per heavy atom. The van der Waals surface area contributed by atoms with Gasteiger partial charge < -0.3 is 43.0 Å². The maximum absolute atomic E-state index is 14.5. The van der Waals surface area contributed by atoms with E-state index in [0.29, 0.717) is 109 Å². The number of para-hydroxylation sites is 2. The summed E-state index contributed by atoms with van der Waals surface area (Å²) in [5.74, 6) is 1.00. The Kier molecular flexibility index (Phi) is 17.8. The summed E-state index contributed by atoms with van der Waals surface area (Å²) in [6, 6.07) is 28.1. The Bertz CT molecular complexity index is 2840. The van der Waals surface area contributed by atoms with Gasteiger partial charge in [0, 0.05) is 73.2 Å². The highest BCUT2D eigenvalue weighted by molar-refractivity contribution is 8.76. The summed E-state index contributed by atoms with van der Waals surface area (Å²) in [5.41, 5.74) is 7.56. The Labute approximate surface area is 435 Å². The molecule has 3 aliphatic rings. The molecule has 0 aromatic heterocycles. The van der Waals surface area contributed by atoms with E-state index in [1.54, 1.807) is 67.7 Å². The minimum Gasteiger partial charge on any atom is -0.493 e. The fourth-order valence-electron chi connectivity index (χ4n) is 9.22. The first-order valence-corrected chi connectivity index (χ1v) is 26.8. The first-order chi connectivity index (χ1) is 35.4. The maximum atomic E-state index is 14.5. The number of carbonyl (C=O) groups excluding carboxylic acids is 3. The molecule has 0 bridgehead atoms. The highest BCUT2D eigenvalue weighted by atomic mass is 33.1. The number of aliphatic imine (C=N–C) groups is 2. The molecule has 17 heteroatoms. The molecule has 3 amide bonds. The average Bonchev–Trinajstić information content (AvgIpc) is 3.98. The third-order valence-corrected chi connectivity index (χ3v) is 15.6. The second-order valence-corrected chi connectivity index (χ2v) is 21.4. The fourth-order valence-corrected chi connectivity index (χ4v) is 11.5. The molecule has 5 aromatic rings. The molecule has 0 aliphatic carbocycles. The number of amides is 3. The Morgan fingerprint density at radius 2 is 1.47 bits per heavy atom. The molecule has 0 fully saturated rings. The number of carbonyl (C=O) groups is 3. The van der Waals surface area contributed by atoms with Crippen LogP contribution in [0, 0.1) is 0 Å². The number of nitrogens with zero attached hydrogens (tertiary/aromatic N) is 5. The molecule has 0 N–H and O–H groups in total. The minimum atomic E-state index is -0.218. The monoisotopic (exact) mass is 1030 g/mol. The van der Waals surface area contributed by atoms with Crippen molar-refractivity contribution in [3.05, 3.63) is 124 Å². The third-order valence-electron chi connectivity index (χ3n) is 12.9. The van der Waals surface area contributed by atoms with Gasteiger partial charge in [0.2, 0.25) is 5.91 Å². The molecule has 73 heavy (non-hydrogen) atoms. The molecule has 0 unspecified atom stereocenters. The van der Waals surface area contributed by atoms with Crippen molar-refractivity contribution in [1.29, 1.82) is 0 Å². The van der Waals surface area contributed by atoms with E-state index >= 15 is 0 Å². The van der Waals surface area contributed by atoms with Gasteiger partial charge in [0.05, 0.1) is 75.8 Å². The number of anilines is 3. The molecule has 3 aliphatic heterocycles. The Morgan fingerprint density at radius 3 is 2.16 bits per heavy atom. The van der Waals surface area contributed by atoms with E-state index in [9.17, 15) is 14.4 Å². The fraction of sp³-hybridized carbons (Fsp3) is 0.375. The van der Waals surface area contributed by atoms with Gasteiger partial charge >= 0.3 is 0 Å². The van der Waals surface area contributed by atoms with E-state index in [1.165, 1.54) is 14.2 Å². The van der Waals surface area contributed by atoms with E-state index in [0.717, 1.165) is 34.5 Å². The van der Waals surface area contributed by atoms with Crippen molar-refractivity contribution in [2.45, 2.75) is 63.5 Å². The molecule has 15 nitrogen and oxygen atoms in total. The van der Waals surface area contributed by atoms with Crippen LogP contribution < -0.4 is 33.6 Å². The SMILES string of the molecule is C=Nc1cc(OCc2cc(COc3cc4c(cc3OC)C(=O)N3c5ccccc5C[C@H]3C=N4)cc(N(CCOCCOCCOC)C(=O)CCC(C)(C)SSC)c2)c(OC)cc1C(=O)N1CCc2ccccc21. The van der Waals surface area contributed by atoms with Crippen LogP contribution in [0.4, 0.5) is 28.4 Å². The highest BCUT2D eigenvalue weighted by Gasteiger charge is 2.37. The van der Waals surface area contributed by atoms with Gasteiger partial charge in [-0.2, -0.15) is 0 Å². The molecule has 8 rings (SSSR count).